The molecule has 0 aliphatic heterocycles. The second-order valence-electron chi connectivity index (χ2n) is 6.00. The second kappa shape index (κ2) is 8.83. The fraction of sp³-hybridized carbons (Fsp3) is 0.238. The van der Waals surface area contributed by atoms with Crippen LogP contribution in [-0.4, -0.2) is 18.4 Å². The number of hydrogen-bond acceptors (Lipinski definition) is 2. The lowest BCUT2D eigenvalue weighted by atomic mass is 10.0. The minimum Gasteiger partial charge on any atom is -0.349 e. The van der Waals surface area contributed by atoms with Gasteiger partial charge in [0.1, 0.15) is 0 Å². The number of nitrogens with zero attached hydrogens (tertiary/aromatic N) is 1. The maximum Gasteiger partial charge on any atom is 0.229 e. The lowest BCUT2D eigenvalue weighted by Crippen LogP contribution is -2.36. The summed E-state index contributed by atoms with van der Waals surface area (Å²) in [6, 6.07) is 17.0. The normalized spacial score (nSPS) is 11.4. The molecule has 2 aromatic rings. The minimum absolute atomic E-state index is 0.0644. The number of amides is 2. The lowest BCUT2D eigenvalue weighted by Gasteiger charge is -2.25. The molecule has 2 rings (SSSR count). The standard InChI is InChI=1S/C21H24N2O2/c1-4-14-23(19-8-6-5-7-9-19)21(25)15-20(22-17(3)24)18-12-10-16(2)11-13-18/h4-13,20H,1,14-15H2,2-3H3,(H,22,24). The number of nitrogens with one attached hydrogen (secondary N) is 1. The summed E-state index contributed by atoms with van der Waals surface area (Å²) in [5, 5.41) is 2.88. The van der Waals surface area contributed by atoms with Crippen molar-refractivity contribution in [2.45, 2.75) is 26.3 Å². The Labute approximate surface area is 149 Å². The summed E-state index contributed by atoms with van der Waals surface area (Å²) in [4.78, 5) is 26.2. The fourth-order valence-electron chi connectivity index (χ4n) is 2.67. The van der Waals surface area contributed by atoms with Gasteiger partial charge < -0.3 is 10.2 Å². The van der Waals surface area contributed by atoms with Gasteiger partial charge in [0, 0.05) is 19.2 Å². The summed E-state index contributed by atoms with van der Waals surface area (Å²) >= 11 is 0. The minimum atomic E-state index is -0.360. The van der Waals surface area contributed by atoms with E-state index in [1.54, 1.807) is 11.0 Å². The fourth-order valence-corrected chi connectivity index (χ4v) is 2.67. The zero-order chi connectivity index (χ0) is 18.2. The predicted octanol–water partition coefficient (Wildman–Crippen LogP) is 3.78. The van der Waals surface area contributed by atoms with E-state index in [1.807, 2.05) is 61.5 Å². The third kappa shape index (κ3) is 5.31. The van der Waals surface area contributed by atoms with Crippen molar-refractivity contribution in [3.05, 3.63) is 78.4 Å². The van der Waals surface area contributed by atoms with E-state index in [1.165, 1.54) is 6.92 Å². The van der Waals surface area contributed by atoms with Gasteiger partial charge >= 0.3 is 0 Å². The van der Waals surface area contributed by atoms with Crippen LogP contribution in [0, 0.1) is 6.92 Å². The first kappa shape index (κ1) is 18.5. The molecular weight excluding hydrogens is 312 g/mol. The molecule has 130 valence electrons. The molecule has 0 radical (unpaired) electrons. The second-order valence-corrected chi connectivity index (χ2v) is 6.00. The molecule has 0 aliphatic carbocycles. The number of aryl methyl sites for hydroxylation is 1. The molecule has 0 bridgehead atoms. The highest BCUT2D eigenvalue weighted by Gasteiger charge is 2.21. The molecule has 1 unspecified atom stereocenters. The van der Waals surface area contributed by atoms with Gasteiger partial charge in [0.05, 0.1) is 12.5 Å². The van der Waals surface area contributed by atoms with Gasteiger partial charge in [0.2, 0.25) is 11.8 Å². The highest BCUT2D eigenvalue weighted by Crippen LogP contribution is 2.22. The molecule has 4 nitrogen and oxygen atoms in total. The number of rotatable bonds is 7. The van der Waals surface area contributed by atoms with E-state index in [0.717, 1.165) is 16.8 Å². The van der Waals surface area contributed by atoms with Gasteiger partial charge in [-0.05, 0) is 24.6 Å². The average molecular weight is 336 g/mol. The van der Waals surface area contributed by atoms with Crippen molar-refractivity contribution < 1.29 is 9.59 Å². The Kier molecular flexibility index (Phi) is 6.52. The van der Waals surface area contributed by atoms with Crippen LogP contribution in [0.5, 0.6) is 0 Å². The Morgan fingerprint density at radius 1 is 1.12 bits per heavy atom. The van der Waals surface area contributed by atoms with Crippen LogP contribution < -0.4 is 10.2 Å². The molecule has 0 fully saturated rings. The van der Waals surface area contributed by atoms with Crippen LogP contribution in [0.1, 0.15) is 30.5 Å². The number of para-hydroxylation sites is 1. The number of carbonyl (C=O) groups excluding carboxylic acids is 2. The Morgan fingerprint density at radius 2 is 1.76 bits per heavy atom. The molecular formula is C21H24N2O2. The van der Waals surface area contributed by atoms with Crippen LogP contribution in [0.2, 0.25) is 0 Å². The highest BCUT2D eigenvalue weighted by molar-refractivity contribution is 5.94. The summed E-state index contributed by atoms with van der Waals surface area (Å²) in [5.74, 6) is -0.223. The van der Waals surface area contributed by atoms with Gasteiger partial charge in [0.15, 0.2) is 0 Å². The largest absolute Gasteiger partial charge is 0.349 e. The highest BCUT2D eigenvalue weighted by atomic mass is 16.2. The van der Waals surface area contributed by atoms with Crippen molar-refractivity contribution in [1.82, 2.24) is 5.32 Å². The van der Waals surface area contributed by atoms with Crippen LogP contribution in [0.15, 0.2) is 67.3 Å². The van der Waals surface area contributed by atoms with Crippen molar-refractivity contribution in [3.63, 3.8) is 0 Å². The predicted molar refractivity (Wildman–Crippen MR) is 101 cm³/mol. The van der Waals surface area contributed by atoms with E-state index in [-0.39, 0.29) is 24.3 Å². The number of benzene rings is 2. The topological polar surface area (TPSA) is 49.4 Å². The summed E-state index contributed by atoms with van der Waals surface area (Å²) in [7, 11) is 0. The first-order valence-corrected chi connectivity index (χ1v) is 8.31. The van der Waals surface area contributed by atoms with Crippen molar-refractivity contribution in [1.29, 1.82) is 0 Å². The average Bonchev–Trinajstić information content (AvgIpc) is 2.60. The maximum absolute atomic E-state index is 12.9. The molecule has 0 aromatic heterocycles. The van der Waals surface area contributed by atoms with Gasteiger partial charge in [-0.3, -0.25) is 9.59 Å². The molecule has 1 N–H and O–H groups in total. The molecule has 4 heteroatoms. The van der Waals surface area contributed by atoms with Crippen LogP contribution in [0.3, 0.4) is 0 Å². The Hall–Kier alpha value is -2.88. The quantitative estimate of drug-likeness (QED) is 0.782. The van der Waals surface area contributed by atoms with Gasteiger partial charge in [-0.25, -0.2) is 0 Å². The van der Waals surface area contributed by atoms with E-state index in [2.05, 4.69) is 11.9 Å². The van der Waals surface area contributed by atoms with Gasteiger partial charge in [-0.2, -0.15) is 0 Å². The Morgan fingerprint density at radius 3 is 2.32 bits per heavy atom. The summed E-state index contributed by atoms with van der Waals surface area (Å²) in [6.45, 7) is 7.63. The first-order valence-electron chi connectivity index (χ1n) is 8.31. The Balaban J connectivity index is 2.23. The van der Waals surface area contributed by atoms with Gasteiger partial charge in [-0.15, -0.1) is 6.58 Å². The lowest BCUT2D eigenvalue weighted by molar-refractivity contribution is -0.121. The maximum atomic E-state index is 12.9. The summed E-state index contributed by atoms with van der Waals surface area (Å²) in [5.41, 5.74) is 2.87. The first-order chi connectivity index (χ1) is 12.0. The molecule has 0 heterocycles. The Bertz CT molecular complexity index is 723. The van der Waals surface area contributed by atoms with Crippen molar-refractivity contribution >= 4 is 17.5 Å². The van der Waals surface area contributed by atoms with E-state index < -0.39 is 0 Å². The van der Waals surface area contributed by atoms with E-state index in [9.17, 15) is 9.59 Å². The SMILES string of the molecule is C=CCN(C(=O)CC(NC(C)=O)c1ccc(C)cc1)c1ccccc1. The number of anilines is 1. The molecule has 0 saturated carbocycles. The smallest absolute Gasteiger partial charge is 0.229 e. The molecule has 25 heavy (non-hydrogen) atoms. The molecule has 0 saturated heterocycles. The van der Waals surface area contributed by atoms with Gasteiger partial charge in [0.25, 0.3) is 0 Å². The zero-order valence-electron chi connectivity index (χ0n) is 14.7. The number of carbonyl (C=O) groups is 2. The van der Waals surface area contributed by atoms with Crippen LogP contribution in [-0.2, 0) is 9.59 Å². The third-order valence-corrected chi connectivity index (χ3v) is 3.92. The third-order valence-electron chi connectivity index (χ3n) is 3.92. The van der Waals surface area contributed by atoms with Crippen molar-refractivity contribution in [2.24, 2.45) is 0 Å². The van der Waals surface area contributed by atoms with Crippen LogP contribution in [0.4, 0.5) is 5.69 Å². The molecule has 2 aromatic carbocycles. The molecule has 1 atom stereocenters. The summed E-state index contributed by atoms with van der Waals surface area (Å²) in [6.07, 6.45) is 1.88. The van der Waals surface area contributed by atoms with E-state index in [0.29, 0.717) is 6.54 Å². The van der Waals surface area contributed by atoms with Crippen LogP contribution in [0.25, 0.3) is 0 Å². The summed E-state index contributed by atoms with van der Waals surface area (Å²) < 4.78 is 0. The number of hydrogen-bond donors (Lipinski definition) is 1. The van der Waals surface area contributed by atoms with E-state index >= 15 is 0 Å². The molecule has 2 amide bonds. The van der Waals surface area contributed by atoms with E-state index in [4.69, 9.17) is 0 Å². The van der Waals surface area contributed by atoms with Gasteiger partial charge in [-0.1, -0.05) is 54.1 Å². The molecule has 0 spiro atoms. The monoisotopic (exact) mass is 336 g/mol. The molecule has 0 aliphatic rings. The van der Waals surface area contributed by atoms with Crippen molar-refractivity contribution in [3.8, 4) is 0 Å². The zero-order valence-corrected chi connectivity index (χ0v) is 14.7. The van der Waals surface area contributed by atoms with Crippen molar-refractivity contribution in [2.75, 3.05) is 11.4 Å². The van der Waals surface area contributed by atoms with Crippen LogP contribution >= 0.6 is 0 Å².